The van der Waals surface area contributed by atoms with Crippen LogP contribution in [-0.2, 0) is 11.2 Å². The van der Waals surface area contributed by atoms with Crippen molar-refractivity contribution in [2.75, 3.05) is 19.6 Å². The third-order valence-corrected chi connectivity index (χ3v) is 4.15. The second-order valence-electron chi connectivity index (χ2n) is 6.24. The number of amides is 1. The number of likely N-dealkylation sites (tertiary alicyclic amines) is 1. The summed E-state index contributed by atoms with van der Waals surface area (Å²) < 4.78 is 5.64. The molecule has 0 saturated carbocycles. The number of phenols is 1. The average molecular weight is 367 g/mol. The van der Waals surface area contributed by atoms with Crippen molar-refractivity contribution in [2.24, 2.45) is 11.5 Å². The van der Waals surface area contributed by atoms with Gasteiger partial charge in [-0.2, -0.15) is 0 Å². The van der Waals surface area contributed by atoms with Crippen molar-refractivity contribution in [1.29, 1.82) is 0 Å². The number of nitrogens with zero attached hydrogens (tertiary/aromatic N) is 1. The molecule has 1 atom stereocenters. The van der Waals surface area contributed by atoms with E-state index in [4.69, 9.17) is 26.3 Å². The summed E-state index contributed by atoms with van der Waals surface area (Å²) in [5.74, 6) is -2.39. The maximum atomic E-state index is 11.5. The number of aromatic hydroxyl groups is 1. The molecule has 26 heavy (non-hydrogen) atoms. The van der Waals surface area contributed by atoms with Gasteiger partial charge in [0.15, 0.2) is 0 Å². The van der Waals surface area contributed by atoms with Crippen LogP contribution in [0.3, 0.4) is 0 Å². The molecule has 1 unspecified atom stereocenters. The van der Waals surface area contributed by atoms with Gasteiger partial charge in [-0.05, 0) is 24.4 Å². The lowest BCUT2D eigenvalue weighted by atomic mass is 9.82. The summed E-state index contributed by atoms with van der Waals surface area (Å²) in [6, 6.07) is 2.13. The molecule has 0 aromatic heterocycles. The number of aryl methyl sites for hydroxylation is 1. The van der Waals surface area contributed by atoms with E-state index in [1.165, 1.54) is 12.1 Å². The Bertz CT molecular complexity index is 679. The number of hydrogen-bond donors (Lipinski definition) is 6. The van der Waals surface area contributed by atoms with Crippen LogP contribution in [0.25, 0.3) is 0 Å². The van der Waals surface area contributed by atoms with Crippen molar-refractivity contribution in [3.8, 4) is 11.5 Å². The van der Waals surface area contributed by atoms with Gasteiger partial charge in [-0.3, -0.25) is 9.69 Å². The predicted octanol–water partition coefficient (Wildman–Crippen LogP) is -2.02. The predicted molar refractivity (Wildman–Crippen MR) is 91.8 cm³/mol. The van der Waals surface area contributed by atoms with Gasteiger partial charge >= 0.3 is 13.1 Å². The van der Waals surface area contributed by atoms with Gasteiger partial charge in [0.25, 0.3) is 0 Å². The van der Waals surface area contributed by atoms with Crippen molar-refractivity contribution in [3.05, 3.63) is 23.3 Å². The third-order valence-electron chi connectivity index (χ3n) is 4.15. The lowest BCUT2D eigenvalue weighted by Gasteiger charge is -2.40. The van der Waals surface area contributed by atoms with E-state index < -0.39 is 30.8 Å². The van der Waals surface area contributed by atoms with Crippen molar-refractivity contribution < 1.29 is 34.6 Å². The van der Waals surface area contributed by atoms with Crippen molar-refractivity contribution in [3.63, 3.8) is 0 Å². The normalized spacial score (nSPS) is 16.0. The molecule has 0 aliphatic carbocycles. The van der Waals surface area contributed by atoms with Gasteiger partial charge in [0.2, 0.25) is 5.91 Å². The largest absolute Gasteiger partial charge is 0.507 e. The second kappa shape index (κ2) is 8.36. The van der Waals surface area contributed by atoms with Gasteiger partial charge in [-0.15, -0.1) is 0 Å². The summed E-state index contributed by atoms with van der Waals surface area (Å²) in [7, 11) is -1.55. The van der Waals surface area contributed by atoms with E-state index in [0.717, 1.165) is 0 Å². The quantitative estimate of drug-likeness (QED) is 0.269. The van der Waals surface area contributed by atoms with Crippen LogP contribution in [0.2, 0.25) is 6.32 Å². The first-order valence-corrected chi connectivity index (χ1v) is 8.07. The zero-order valence-electron chi connectivity index (χ0n) is 14.0. The van der Waals surface area contributed by atoms with Crippen molar-refractivity contribution in [2.45, 2.75) is 24.9 Å². The summed E-state index contributed by atoms with van der Waals surface area (Å²) in [5.41, 5.74) is 10.6. The summed E-state index contributed by atoms with van der Waals surface area (Å²) in [6.45, 7) is 1.17. The average Bonchev–Trinajstić information content (AvgIpc) is 2.51. The fraction of sp³-hybridized carbons (Fsp3) is 0.467. The van der Waals surface area contributed by atoms with Gasteiger partial charge < -0.3 is 36.5 Å². The monoisotopic (exact) mass is 367 g/mol. The van der Waals surface area contributed by atoms with Crippen LogP contribution in [0, 0.1) is 0 Å². The Morgan fingerprint density at radius 3 is 2.54 bits per heavy atom. The smallest absolute Gasteiger partial charge is 0.451 e. The van der Waals surface area contributed by atoms with Gasteiger partial charge in [-0.25, -0.2) is 4.79 Å². The van der Waals surface area contributed by atoms with E-state index in [2.05, 4.69) is 0 Å². The van der Waals surface area contributed by atoms with Gasteiger partial charge in [0.05, 0.1) is 6.04 Å². The van der Waals surface area contributed by atoms with Crippen molar-refractivity contribution in [1.82, 2.24) is 4.90 Å². The van der Waals surface area contributed by atoms with E-state index >= 15 is 0 Å². The van der Waals surface area contributed by atoms with Crippen molar-refractivity contribution >= 4 is 19.0 Å². The highest BCUT2D eigenvalue weighted by atomic mass is 16.5. The molecule has 8 N–H and O–H groups in total. The number of ether oxygens (including phenoxy) is 1. The molecule has 10 nitrogen and oxygen atoms in total. The highest BCUT2D eigenvalue weighted by molar-refractivity contribution is 6.41. The van der Waals surface area contributed by atoms with Crippen LogP contribution in [0.5, 0.6) is 11.5 Å². The molecule has 1 aromatic carbocycles. The Hall–Kier alpha value is -2.34. The molecule has 1 aliphatic rings. The van der Waals surface area contributed by atoms with Crippen LogP contribution < -0.4 is 16.2 Å². The molecule has 142 valence electrons. The SMILES string of the molecule is NC(=O)C(N)CN1CC(Oc2ccc(CCB(O)O)c(O)c2C(=O)O)C1. The molecule has 0 radical (unpaired) electrons. The number of rotatable bonds is 9. The van der Waals surface area contributed by atoms with E-state index in [0.29, 0.717) is 13.1 Å². The number of primary amides is 1. The first-order valence-electron chi connectivity index (χ1n) is 8.07. The number of carbonyl (C=O) groups excluding carboxylic acids is 1. The number of carbonyl (C=O) groups is 2. The Balaban J connectivity index is 2.03. The van der Waals surface area contributed by atoms with Gasteiger partial charge in [-0.1, -0.05) is 6.07 Å². The number of nitrogens with two attached hydrogens (primary N) is 2. The molecule has 1 aliphatic heterocycles. The Morgan fingerprint density at radius 2 is 2.00 bits per heavy atom. The molecule has 1 saturated heterocycles. The minimum Gasteiger partial charge on any atom is -0.507 e. The number of hydrogen-bond acceptors (Lipinski definition) is 8. The number of aromatic carboxylic acids is 1. The molecule has 0 bridgehead atoms. The zero-order chi connectivity index (χ0) is 19.4. The maximum absolute atomic E-state index is 11.5. The topological polar surface area (TPSA) is 180 Å². The number of carboxylic acid groups (broad SMARTS) is 1. The minimum atomic E-state index is -1.55. The molecule has 2 rings (SSSR count). The van der Waals surface area contributed by atoms with E-state index in [-0.39, 0.29) is 42.3 Å². The fourth-order valence-corrected chi connectivity index (χ4v) is 2.70. The molecular formula is C15H22BN3O7. The number of benzene rings is 1. The highest BCUT2D eigenvalue weighted by Crippen LogP contribution is 2.33. The maximum Gasteiger partial charge on any atom is 0.451 e. The van der Waals surface area contributed by atoms with Crippen LogP contribution in [0.4, 0.5) is 0 Å². The molecule has 1 fully saturated rings. The summed E-state index contributed by atoms with van der Waals surface area (Å²) >= 11 is 0. The molecule has 1 amide bonds. The summed E-state index contributed by atoms with van der Waals surface area (Å²) in [6.07, 6.45) is -0.241. The van der Waals surface area contributed by atoms with Crippen LogP contribution in [0.1, 0.15) is 15.9 Å². The minimum absolute atomic E-state index is 0.0205. The van der Waals surface area contributed by atoms with Crippen LogP contribution >= 0.6 is 0 Å². The first kappa shape index (κ1) is 20.0. The third kappa shape index (κ3) is 4.85. The molecular weight excluding hydrogens is 345 g/mol. The Labute approximate surface area is 150 Å². The molecule has 0 spiro atoms. The molecule has 1 heterocycles. The second-order valence-corrected chi connectivity index (χ2v) is 6.24. The van der Waals surface area contributed by atoms with Crippen LogP contribution in [-0.4, -0.2) is 75.9 Å². The van der Waals surface area contributed by atoms with E-state index in [9.17, 15) is 19.8 Å². The Kier molecular flexibility index (Phi) is 6.43. The highest BCUT2D eigenvalue weighted by Gasteiger charge is 2.32. The zero-order valence-corrected chi connectivity index (χ0v) is 14.0. The van der Waals surface area contributed by atoms with Gasteiger partial charge in [0.1, 0.15) is 23.2 Å². The van der Waals surface area contributed by atoms with E-state index in [1.807, 2.05) is 4.90 Å². The first-order chi connectivity index (χ1) is 12.2. The lowest BCUT2D eigenvalue weighted by molar-refractivity contribution is -0.120. The van der Waals surface area contributed by atoms with E-state index in [1.54, 1.807) is 0 Å². The summed E-state index contributed by atoms with van der Waals surface area (Å²) in [4.78, 5) is 24.3. The summed E-state index contributed by atoms with van der Waals surface area (Å²) in [5, 5.41) is 37.4. The number of carboxylic acids is 1. The molecule has 1 aromatic rings. The van der Waals surface area contributed by atoms with Gasteiger partial charge in [0, 0.05) is 19.6 Å². The fourth-order valence-electron chi connectivity index (χ4n) is 2.70. The standard InChI is InChI=1S/C15H22BN3O7/c17-10(14(18)21)7-19-5-9(6-19)26-11-2-1-8(3-4-16(24)25)13(20)12(11)15(22)23/h1-2,9-10,20,24-25H,3-7,17H2,(H2,18,21)(H,22,23). The Morgan fingerprint density at radius 1 is 1.35 bits per heavy atom. The molecule has 11 heteroatoms. The lowest BCUT2D eigenvalue weighted by Crippen LogP contribution is -2.58. The van der Waals surface area contributed by atoms with Crippen LogP contribution in [0.15, 0.2) is 12.1 Å².